The van der Waals surface area contributed by atoms with Gasteiger partial charge in [0.1, 0.15) is 0 Å². The zero-order valence-corrected chi connectivity index (χ0v) is 25.0. The molecule has 0 aromatic heterocycles. The van der Waals surface area contributed by atoms with Crippen LogP contribution in [0.4, 0.5) is 0 Å². The maximum atomic E-state index is 6.58. The van der Waals surface area contributed by atoms with E-state index in [-0.39, 0.29) is 10.8 Å². The highest BCUT2D eigenvalue weighted by Crippen LogP contribution is 2.56. The second-order valence-corrected chi connectivity index (χ2v) is 13.5. The number of aryl methyl sites for hydroxylation is 2. The quantitative estimate of drug-likeness (QED) is 0.280. The molecule has 0 aliphatic heterocycles. The minimum atomic E-state index is 0.215. The molecule has 0 saturated heterocycles. The van der Waals surface area contributed by atoms with Gasteiger partial charge >= 0.3 is 0 Å². The number of halogens is 1. The standard InChI is InChI=1S/C32H43ClS.C2H4/c1-21-13-16-32(7)26(17-21)12-11-25-9-8-10-27(31(5,6)15-14-28(25)32)24(4)20-34-30-19-23(3)22(2)18-29(30)33;1-2/h13,16-19,25,27-28H,1,4,8-12,14-15,20H2,2-3,5-7H3;1-2H2. The molecular weight excluding hydrogens is 476 g/mol. The first-order valence-corrected chi connectivity index (χ1v) is 15.0. The molecule has 3 aliphatic carbocycles. The fourth-order valence-corrected chi connectivity index (χ4v) is 8.38. The summed E-state index contributed by atoms with van der Waals surface area (Å²) >= 11 is 8.45. The molecule has 2 saturated carbocycles. The summed E-state index contributed by atoms with van der Waals surface area (Å²) in [6.07, 6.45) is 16.3. The molecule has 0 bridgehead atoms. The van der Waals surface area contributed by atoms with Gasteiger partial charge in [0, 0.05) is 16.1 Å². The second-order valence-electron chi connectivity index (χ2n) is 12.1. The van der Waals surface area contributed by atoms with Crippen molar-refractivity contribution < 1.29 is 0 Å². The highest BCUT2D eigenvalue weighted by Gasteiger charge is 2.46. The SMILES string of the molecule is C=C.C=C1C=CC2(C)C(=C1)CCC1CCCC(C(=C)CSc3cc(C)c(C)cc3Cl)C(C)(C)CCC12. The van der Waals surface area contributed by atoms with E-state index in [1.165, 1.54) is 72.1 Å². The molecule has 196 valence electrons. The van der Waals surface area contributed by atoms with E-state index >= 15 is 0 Å². The zero-order chi connectivity index (χ0) is 26.7. The molecule has 4 atom stereocenters. The lowest BCUT2D eigenvalue weighted by Crippen LogP contribution is -2.39. The van der Waals surface area contributed by atoms with Crippen LogP contribution in [0.3, 0.4) is 0 Å². The van der Waals surface area contributed by atoms with Crippen molar-refractivity contribution in [1.29, 1.82) is 0 Å². The molecule has 0 radical (unpaired) electrons. The summed E-state index contributed by atoms with van der Waals surface area (Å²) in [4.78, 5) is 1.19. The molecule has 2 fully saturated rings. The van der Waals surface area contributed by atoms with Gasteiger partial charge in [-0.2, -0.15) is 0 Å². The van der Waals surface area contributed by atoms with E-state index in [1.807, 2.05) is 11.8 Å². The van der Waals surface area contributed by atoms with Crippen LogP contribution in [-0.4, -0.2) is 5.75 Å². The number of rotatable bonds is 4. The number of benzene rings is 1. The molecule has 0 spiro atoms. The van der Waals surface area contributed by atoms with Crippen LogP contribution in [0.2, 0.25) is 5.02 Å². The van der Waals surface area contributed by atoms with Gasteiger partial charge < -0.3 is 0 Å². The van der Waals surface area contributed by atoms with E-state index in [4.69, 9.17) is 11.6 Å². The molecule has 0 N–H and O–H groups in total. The maximum absolute atomic E-state index is 6.58. The highest BCUT2D eigenvalue weighted by atomic mass is 35.5. The van der Waals surface area contributed by atoms with Crippen LogP contribution in [0.5, 0.6) is 0 Å². The van der Waals surface area contributed by atoms with Gasteiger partial charge in [0.15, 0.2) is 0 Å². The second kappa shape index (κ2) is 12.0. The van der Waals surface area contributed by atoms with Gasteiger partial charge in [-0.1, -0.05) is 87.7 Å². The predicted molar refractivity (Wildman–Crippen MR) is 163 cm³/mol. The Balaban J connectivity index is 0.00000176. The lowest BCUT2D eigenvalue weighted by molar-refractivity contribution is 0.117. The van der Waals surface area contributed by atoms with Crippen molar-refractivity contribution in [2.45, 2.75) is 84.5 Å². The van der Waals surface area contributed by atoms with Crippen LogP contribution in [0.1, 0.15) is 76.8 Å². The predicted octanol–water partition coefficient (Wildman–Crippen LogP) is 11.1. The third-order valence-electron chi connectivity index (χ3n) is 9.38. The van der Waals surface area contributed by atoms with Gasteiger partial charge in [0.05, 0.1) is 5.02 Å². The van der Waals surface area contributed by atoms with Crippen LogP contribution in [0, 0.1) is 42.4 Å². The Morgan fingerprint density at radius 3 is 2.47 bits per heavy atom. The number of fused-ring (bicyclic) bond motifs is 3. The minimum Gasteiger partial charge on any atom is -0.120 e. The molecule has 1 aromatic rings. The van der Waals surface area contributed by atoms with E-state index in [0.29, 0.717) is 5.92 Å². The summed E-state index contributed by atoms with van der Waals surface area (Å²) < 4.78 is 0. The lowest BCUT2D eigenvalue weighted by atomic mass is 9.56. The normalized spacial score (nSPS) is 29.3. The van der Waals surface area contributed by atoms with Crippen LogP contribution >= 0.6 is 23.4 Å². The molecule has 0 amide bonds. The van der Waals surface area contributed by atoms with Gasteiger partial charge in [-0.3, -0.25) is 0 Å². The minimum absolute atomic E-state index is 0.215. The number of allylic oxidation sites excluding steroid dienone is 5. The van der Waals surface area contributed by atoms with Gasteiger partial charge in [-0.15, -0.1) is 24.9 Å². The lowest BCUT2D eigenvalue weighted by Gasteiger charge is -2.48. The van der Waals surface area contributed by atoms with Crippen molar-refractivity contribution in [3.8, 4) is 0 Å². The van der Waals surface area contributed by atoms with Gasteiger partial charge in [-0.25, -0.2) is 0 Å². The van der Waals surface area contributed by atoms with E-state index in [9.17, 15) is 0 Å². The number of hydrogen-bond acceptors (Lipinski definition) is 1. The third-order valence-corrected chi connectivity index (χ3v) is 11.0. The average molecular weight is 523 g/mol. The van der Waals surface area contributed by atoms with Crippen molar-refractivity contribution in [3.63, 3.8) is 0 Å². The molecule has 1 aromatic carbocycles. The van der Waals surface area contributed by atoms with Crippen molar-refractivity contribution in [2.75, 3.05) is 5.75 Å². The van der Waals surface area contributed by atoms with Crippen LogP contribution in [0.25, 0.3) is 0 Å². The highest BCUT2D eigenvalue weighted by molar-refractivity contribution is 7.99. The molecule has 4 unspecified atom stereocenters. The van der Waals surface area contributed by atoms with Crippen molar-refractivity contribution in [1.82, 2.24) is 0 Å². The number of thioether (sulfide) groups is 1. The molecule has 3 aliphatic rings. The molecule has 2 heteroatoms. The third kappa shape index (κ3) is 6.16. The molecule has 0 heterocycles. The van der Waals surface area contributed by atoms with E-state index < -0.39 is 0 Å². The monoisotopic (exact) mass is 522 g/mol. The van der Waals surface area contributed by atoms with Gasteiger partial charge in [-0.05, 0) is 98.0 Å². The Hall–Kier alpha value is -1.44. The van der Waals surface area contributed by atoms with E-state index in [0.717, 1.165) is 22.6 Å². The summed E-state index contributed by atoms with van der Waals surface area (Å²) in [5, 5.41) is 0.874. The van der Waals surface area contributed by atoms with Gasteiger partial charge in [0.25, 0.3) is 0 Å². The maximum Gasteiger partial charge on any atom is 0.0544 e. The smallest absolute Gasteiger partial charge is 0.0544 e. The van der Waals surface area contributed by atoms with Crippen molar-refractivity contribution in [2.24, 2.45) is 28.6 Å². The van der Waals surface area contributed by atoms with E-state index in [1.54, 1.807) is 5.57 Å². The fraction of sp³-hybridized carbons (Fsp3) is 0.529. The number of hydrogen-bond donors (Lipinski definition) is 0. The van der Waals surface area contributed by atoms with Crippen LogP contribution in [0.15, 0.2) is 78.3 Å². The van der Waals surface area contributed by atoms with E-state index in [2.05, 4.69) is 91.3 Å². The summed E-state index contributed by atoms with van der Waals surface area (Å²) in [6.45, 7) is 26.7. The molecule has 4 rings (SSSR count). The summed E-state index contributed by atoms with van der Waals surface area (Å²) in [5.74, 6) is 3.10. The average Bonchev–Trinajstić information content (AvgIpc) is 2.90. The molecular formula is C34H47ClS. The summed E-state index contributed by atoms with van der Waals surface area (Å²) in [5.41, 5.74) is 7.25. The largest absolute Gasteiger partial charge is 0.120 e. The van der Waals surface area contributed by atoms with Crippen molar-refractivity contribution >= 4 is 23.4 Å². The summed E-state index contributed by atoms with van der Waals surface area (Å²) in [6, 6.07) is 4.35. The Morgan fingerprint density at radius 2 is 1.75 bits per heavy atom. The van der Waals surface area contributed by atoms with Gasteiger partial charge in [0.2, 0.25) is 0 Å². The first kappa shape index (κ1) is 29.1. The van der Waals surface area contributed by atoms with Crippen LogP contribution in [-0.2, 0) is 0 Å². The topological polar surface area (TPSA) is 0 Å². The first-order chi connectivity index (χ1) is 17.0. The Labute approximate surface area is 231 Å². The summed E-state index contributed by atoms with van der Waals surface area (Å²) in [7, 11) is 0. The Bertz CT molecular complexity index is 1040. The van der Waals surface area contributed by atoms with Crippen molar-refractivity contribution in [3.05, 3.63) is 89.5 Å². The molecule has 0 nitrogen and oxygen atoms in total. The fourth-order valence-electron chi connectivity index (χ4n) is 7.00. The molecule has 36 heavy (non-hydrogen) atoms. The van der Waals surface area contributed by atoms with Crippen LogP contribution < -0.4 is 0 Å². The Morgan fingerprint density at radius 1 is 1.06 bits per heavy atom. The first-order valence-electron chi connectivity index (χ1n) is 13.7. The zero-order valence-electron chi connectivity index (χ0n) is 23.4. The Kier molecular flexibility index (Phi) is 9.67.